The van der Waals surface area contributed by atoms with Crippen LogP contribution in [0.2, 0.25) is 0 Å². The van der Waals surface area contributed by atoms with E-state index < -0.39 is 12.1 Å². The maximum atomic E-state index is 13.2. The molecule has 0 aliphatic carbocycles. The average Bonchev–Trinajstić information content (AvgIpc) is 2.73. The summed E-state index contributed by atoms with van der Waals surface area (Å²) >= 11 is 6.87. The summed E-state index contributed by atoms with van der Waals surface area (Å²) in [7, 11) is 1.52. The molecule has 0 aromatic heterocycles. The Bertz CT molecular complexity index is 1050. The minimum absolute atomic E-state index is 0.304. The molecular weight excluding hydrogens is 530 g/mol. The maximum absolute atomic E-state index is 13.2. The number of anilines is 1. The zero-order chi connectivity index (χ0) is 22.5. The van der Waals surface area contributed by atoms with E-state index in [1.54, 1.807) is 37.3 Å². The lowest BCUT2D eigenvalue weighted by atomic mass is 9.94. The third kappa shape index (κ3) is 5.29. The molecule has 0 saturated heterocycles. The van der Waals surface area contributed by atoms with Gasteiger partial charge in [-0.1, -0.05) is 28.6 Å². The highest BCUT2D eigenvalue weighted by atomic mass is 79.9. The molecule has 1 atom stereocenters. The van der Waals surface area contributed by atoms with Crippen LogP contribution < -0.4 is 25.4 Å². The van der Waals surface area contributed by atoms with Crippen molar-refractivity contribution in [1.29, 1.82) is 0 Å². The van der Waals surface area contributed by atoms with Crippen molar-refractivity contribution < 1.29 is 19.1 Å². The molecule has 1 heterocycles. The molecule has 3 amide bonds. The summed E-state index contributed by atoms with van der Waals surface area (Å²) in [5.74, 6) is 0.636. The molecule has 7 nitrogen and oxygen atoms in total. The predicted molar refractivity (Wildman–Crippen MR) is 126 cm³/mol. The van der Waals surface area contributed by atoms with E-state index in [1.807, 2.05) is 12.1 Å². The van der Waals surface area contributed by atoms with Gasteiger partial charge in [0.15, 0.2) is 11.5 Å². The molecule has 3 rings (SSSR count). The first-order chi connectivity index (χ1) is 14.8. The summed E-state index contributed by atoms with van der Waals surface area (Å²) in [5, 5.41) is 8.37. The number of methoxy groups -OCH3 is 1. The summed E-state index contributed by atoms with van der Waals surface area (Å²) in [6.45, 7) is 5.64. The molecule has 0 radical (unpaired) electrons. The van der Waals surface area contributed by atoms with Gasteiger partial charge in [0, 0.05) is 15.9 Å². The summed E-state index contributed by atoms with van der Waals surface area (Å²) < 4.78 is 12.7. The van der Waals surface area contributed by atoms with E-state index in [0.29, 0.717) is 45.1 Å². The van der Waals surface area contributed by atoms with Gasteiger partial charge < -0.3 is 25.4 Å². The lowest BCUT2D eigenvalue weighted by Gasteiger charge is -2.29. The first kappa shape index (κ1) is 22.9. The number of hydrogen-bond donors (Lipinski definition) is 3. The smallest absolute Gasteiger partial charge is 0.319 e. The quantitative estimate of drug-likeness (QED) is 0.421. The van der Waals surface area contributed by atoms with Crippen molar-refractivity contribution in [2.24, 2.45) is 0 Å². The Morgan fingerprint density at radius 2 is 1.97 bits per heavy atom. The van der Waals surface area contributed by atoms with Crippen LogP contribution in [-0.2, 0) is 4.79 Å². The Labute approximate surface area is 197 Å². The van der Waals surface area contributed by atoms with Crippen LogP contribution >= 0.6 is 31.9 Å². The maximum Gasteiger partial charge on any atom is 0.319 e. The summed E-state index contributed by atoms with van der Waals surface area (Å²) in [6.07, 6.45) is 1.63. The van der Waals surface area contributed by atoms with Gasteiger partial charge in [0.1, 0.15) is 6.61 Å². The molecule has 3 N–H and O–H groups in total. The van der Waals surface area contributed by atoms with Gasteiger partial charge >= 0.3 is 6.03 Å². The van der Waals surface area contributed by atoms with E-state index in [9.17, 15) is 9.59 Å². The first-order valence-corrected chi connectivity index (χ1v) is 10.9. The van der Waals surface area contributed by atoms with Crippen molar-refractivity contribution >= 4 is 49.5 Å². The first-order valence-electron chi connectivity index (χ1n) is 9.30. The zero-order valence-electron chi connectivity index (χ0n) is 16.9. The molecule has 0 saturated carbocycles. The van der Waals surface area contributed by atoms with Crippen molar-refractivity contribution in [3.8, 4) is 11.5 Å². The van der Waals surface area contributed by atoms with Crippen molar-refractivity contribution in [2.45, 2.75) is 13.0 Å². The summed E-state index contributed by atoms with van der Waals surface area (Å²) in [6, 6.07) is 9.67. The summed E-state index contributed by atoms with van der Waals surface area (Å²) in [5.41, 5.74) is 2.14. The van der Waals surface area contributed by atoms with Crippen LogP contribution in [-0.4, -0.2) is 25.7 Å². The Morgan fingerprint density at radius 1 is 1.26 bits per heavy atom. The van der Waals surface area contributed by atoms with Crippen molar-refractivity contribution in [3.63, 3.8) is 0 Å². The van der Waals surface area contributed by atoms with Crippen molar-refractivity contribution in [3.05, 3.63) is 74.8 Å². The van der Waals surface area contributed by atoms with Gasteiger partial charge in [0.2, 0.25) is 0 Å². The SMILES string of the molecule is C=CCOc1c(Br)cc(C2NC(=O)NC(C)=C2C(=O)Nc2ccc(Br)cc2)cc1OC. The second-order valence-corrected chi connectivity index (χ2v) is 8.43. The third-order valence-electron chi connectivity index (χ3n) is 4.55. The Morgan fingerprint density at radius 3 is 2.61 bits per heavy atom. The molecule has 2 aromatic rings. The molecular formula is C22H21Br2N3O4. The lowest BCUT2D eigenvalue weighted by molar-refractivity contribution is -0.113. The van der Waals surface area contributed by atoms with Gasteiger partial charge in [-0.05, 0) is 64.8 Å². The number of nitrogens with one attached hydrogen (secondary N) is 3. The zero-order valence-corrected chi connectivity index (χ0v) is 20.1. The van der Waals surface area contributed by atoms with Crippen LogP contribution in [0.25, 0.3) is 0 Å². The molecule has 9 heteroatoms. The number of ether oxygens (including phenoxy) is 2. The van der Waals surface area contributed by atoms with Gasteiger partial charge in [-0.25, -0.2) is 4.79 Å². The highest BCUT2D eigenvalue weighted by molar-refractivity contribution is 9.10. The van der Waals surface area contributed by atoms with Gasteiger partial charge in [-0.3, -0.25) is 4.79 Å². The van der Waals surface area contributed by atoms with Gasteiger partial charge in [-0.15, -0.1) is 0 Å². The van der Waals surface area contributed by atoms with Crippen LogP contribution in [0.1, 0.15) is 18.5 Å². The number of urea groups is 1. The normalized spacial score (nSPS) is 15.6. The molecule has 2 aromatic carbocycles. The van der Waals surface area contributed by atoms with E-state index >= 15 is 0 Å². The van der Waals surface area contributed by atoms with Crippen LogP contribution in [0.3, 0.4) is 0 Å². The highest BCUT2D eigenvalue weighted by Gasteiger charge is 2.32. The lowest BCUT2D eigenvalue weighted by Crippen LogP contribution is -2.46. The topological polar surface area (TPSA) is 88.7 Å². The number of carbonyl (C=O) groups excluding carboxylic acids is 2. The Kier molecular flexibility index (Phi) is 7.40. The van der Waals surface area contributed by atoms with Gasteiger partial charge in [-0.2, -0.15) is 0 Å². The van der Waals surface area contributed by atoms with Crippen molar-refractivity contribution in [1.82, 2.24) is 10.6 Å². The van der Waals surface area contributed by atoms with E-state index in [-0.39, 0.29) is 5.91 Å². The number of hydrogen-bond acceptors (Lipinski definition) is 4. The number of amides is 3. The van der Waals surface area contributed by atoms with E-state index in [1.165, 1.54) is 7.11 Å². The van der Waals surface area contributed by atoms with Crippen molar-refractivity contribution in [2.75, 3.05) is 19.0 Å². The molecule has 1 aliphatic heterocycles. The number of allylic oxidation sites excluding steroid dienone is 1. The molecule has 31 heavy (non-hydrogen) atoms. The molecule has 0 bridgehead atoms. The van der Waals surface area contributed by atoms with E-state index in [0.717, 1.165) is 4.47 Å². The minimum Gasteiger partial charge on any atom is -0.493 e. The number of carbonyl (C=O) groups is 2. The Hall–Kier alpha value is -2.78. The minimum atomic E-state index is -0.692. The van der Waals surface area contributed by atoms with Gasteiger partial charge in [0.25, 0.3) is 5.91 Å². The number of halogens is 2. The van der Waals surface area contributed by atoms with Crippen LogP contribution in [0.4, 0.5) is 10.5 Å². The average molecular weight is 551 g/mol. The standard InChI is InChI=1S/C22H21Br2N3O4/c1-4-9-31-20-16(24)10-13(11-17(20)30-3)19-18(12(2)25-22(29)27-19)21(28)26-15-7-5-14(23)6-8-15/h4-8,10-11,19H,1,9H2,2-3H3,(H,26,28)(H2,25,27,29). The largest absolute Gasteiger partial charge is 0.493 e. The van der Waals surface area contributed by atoms with Crippen LogP contribution in [0, 0.1) is 0 Å². The molecule has 162 valence electrons. The third-order valence-corrected chi connectivity index (χ3v) is 5.66. The summed E-state index contributed by atoms with van der Waals surface area (Å²) in [4.78, 5) is 25.3. The van der Waals surface area contributed by atoms with Crippen LogP contribution in [0.15, 0.2) is 69.3 Å². The fraction of sp³-hybridized carbons (Fsp3) is 0.182. The predicted octanol–water partition coefficient (Wildman–Crippen LogP) is 5.05. The monoisotopic (exact) mass is 549 g/mol. The fourth-order valence-electron chi connectivity index (χ4n) is 3.17. The molecule has 0 fully saturated rings. The van der Waals surface area contributed by atoms with Crippen LogP contribution in [0.5, 0.6) is 11.5 Å². The second-order valence-electron chi connectivity index (χ2n) is 6.66. The van der Waals surface area contributed by atoms with Gasteiger partial charge in [0.05, 0.1) is 23.2 Å². The fourth-order valence-corrected chi connectivity index (χ4v) is 4.00. The molecule has 1 unspecified atom stereocenters. The van der Waals surface area contributed by atoms with E-state index in [4.69, 9.17) is 9.47 Å². The molecule has 0 spiro atoms. The second kappa shape index (κ2) is 10.0. The molecule has 1 aliphatic rings. The van der Waals surface area contributed by atoms with E-state index in [2.05, 4.69) is 54.4 Å². The number of rotatable bonds is 7. The number of benzene rings is 2. The Balaban J connectivity index is 1.99. The highest BCUT2D eigenvalue weighted by Crippen LogP contribution is 2.40.